The van der Waals surface area contributed by atoms with Crippen LogP contribution in [-0.4, -0.2) is 109 Å². The molecule has 12 nitrogen and oxygen atoms in total. The number of aliphatic hydroxyl groups is 1. The van der Waals surface area contributed by atoms with E-state index in [4.69, 9.17) is 14.2 Å². The number of ether oxygens (including phenoxy) is 3. The number of methoxy groups -OCH3 is 1. The third-order valence-corrected chi connectivity index (χ3v) is 11.4. The largest absolute Gasteiger partial charge is 0.455 e. The van der Waals surface area contributed by atoms with Crippen LogP contribution in [0.2, 0.25) is 0 Å². The Hall–Kier alpha value is -4.04. The van der Waals surface area contributed by atoms with E-state index in [9.17, 15) is 24.3 Å². The van der Waals surface area contributed by atoms with E-state index in [1.807, 2.05) is 30.3 Å². The zero-order valence-corrected chi connectivity index (χ0v) is 32.3. The number of nitrogens with one attached hydrogen (secondary N) is 1. The fourth-order valence-corrected chi connectivity index (χ4v) is 9.13. The van der Waals surface area contributed by atoms with Gasteiger partial charge in [0.15, 0.2) is 0 Å². The van der Waals surface area contributed by atoms with E-state index in [-0.39, 0.29) is 43.3 Å². The molecule has 2 N–H and O–H groups in total. The van der Waals surface area contributed by atoms with Gasteiger partial charge in [-0.25, -0.2) is 0 Å². The van der Waals surface area contributed by atoms with Crippen LogP contribution in [0, 0.1) is 11.8 Å². The lowest BCUT2D eigenvalue weighted by atomic mass is 9.70. The highest BCUT2D eigenvalue weighted by Gasteiger charge is 2.77. The Bertz CT molecular complexity index is 1620. The van der Waals surface area contributed by atoms with Gasteiger partial charge in [0.05, 0.1) is 37.2 Å². The number of anilines is 2. The molecular weight excluding hydrogens is 744 g/mol. The molecule has 0 aliphatic carbocycles. The number of rotatable bonds is 19. The van der Waals surface area contributed by atoms with Crippen LogP contribution in [0.25, 0.3) is 0 Å². The van der Waals surface area contributed by atoms with Crippen molar-refractivity contribution in [3.8, 4) is 0 Å². The molecule has 0 aromatic heterocycles. The summed E-state index contributed by atoms with van der Waals surface area (Å²) in [5.41, 5.74) is 0.881. The van der Waals surface area contributed by atoms with E-state index in [1.165, 1.54) is 12.0 Å². The molecule has 1 spiro atoms. The number of hydrogen-bond acceptors (Lipinski definition) is 9. The minimum Gasteiger partial charge on any atom is -0.455 e. The first kappa shape index (κ1) is 40.2. The zero-order chi connectivity index (χ0) is 38.3. The minimum absolute atomic E-state index is 0.0422. The highest BCUT2D eigenvalue weighted by molar-refractivity contribution is 9.09. The van der Waals surface area contributed by atoms with Crippen molar-refractivity contribution in [2.24, 2.45) is 11.8 Å². The average Bonchev–Trinajstić information content (AvgIpc) is 3.76. The van der Waals surface area contributed by atoms with E-state index in [0.717, 1.165) is 18.8 Å². The molecular formula is C40H51BrN4O8. The molecule has 2 bridgehead atoms. The number of fused-ring (bicyclic) bond motifs is 1. The molecule has 3 heterocycles. The number of carbonyl (C=O) groups excluding carboxylic acids is 4. The maximum Gasteiger partial charge on any atom is 0.313 e. The van der Waals surface area contributed by atoms with E-state index in [0.29, 0.717) is 17.7 Å². The summed E-state index contributed by atoms with van der Waals surface area (Å²) < 4.78 is 18.5. The van der Waals surface area contributed by atoms with Crippen molar-refractivity contribution in [1.29, 1.82) is 0 Å². The third kappa shape index (κ3) is 7.94. The number of hydrogen-bond donors (Lipinski definition) is 2. The second-order valence-electron chi connectivity index (χ2n) is 13.6. The molecule has 3 aliphatic rings. The van der Waals surface area contributed by atoms with Gasteiger partial charge in [0, 0.05) is 55.9 Å². The van der Waals surface area contributed by atoms with Crippen LogP contribution in [0.15, 0.2) is 79.9 Å². The number of amides is 3. The molecule has 0 radical (unpaired) electrons. The fraction of sp³-hybridized carbons (Fsp3) is 0.500. The molecule has 53 heavy (non-hydrogen) atoms. The summed E-state index contributed by atoms with van der Waals surface area (Å²) in [5.74, 6) is -3.94. The van der Waals surface area contributed by atoms with Crippen molar-refractivity contribution in [3.63, 3.8) is 0 Å². The number of halogens is 1. The van der Waals surface area contributed by atoms with Crippen LogP contribution in [0.5, 0.6) is 0 Å². The maximum atomic E-state index is 14.8. The number of alkyl halides is 1. The van der Waals surface area contributed by atoms with Crippen molar-refractivity contribution in [2.45, 2.75) is 67.8 Å². The van der Waals surface area contributed by atoms with Crippen molar-refractivity contribution >= 4 is 51.0 Å². The molecule has 3 fully saturated rings. The van der Waals surface area contributed by atoms with Crippen LogP contribution in [0.3, 0.4) is 0 Å². The molecule has 2 aromatic carbocycles. The maximum absolute atomic E-state index is 14.8. The predicted molar refractivity (Wildman–Crippen MR) is 206 cm³/mol. The van der Waals surface area contributed by atoms with Crippen LogP contribution >= 0.6 is 15.9 Å². The summed E-state index contributed by atoms with van der Waals surface area (Å²) in [6.07, 6.45) is 2.48. The smallest absolute Gasteiger partial charge is 0.313 e. The van der Waals surface area contributed by atoms with Crippen molar-refractivity contribution in [3.05, 3.63) is 85.5 Å². The molecule has 0 saturated carbocycles. The normalized spacial score (nSPS) is 25.3. The van der Waals surface area contributed by atoms with E-state index in [2.05, 4.69) is 53.2 Å². The number of aliphatic hydroxyl groups excluding tert-OH is 1. The summed E-state index contributed by atoms with van der Waals surface area (Å²) in [4.78, 5) is 61.5. The van der Waals surface area contributed by atoms with Gasteiger partial charge < -0.3 is 39.3 Å². The van der Waals surface area contributed by atoms with Gasteiger partial charge in [-0.05, 0) is 56.5 Å². The van der Waals surface area contributed by atoms with Crippen molar-refractivity contribution in [2.75, 3.05) is 56.3 Å². The minimum atomic E-state index is -1.38. The predicted octanol–water partition coefficient (Wildman–Crippen LogP) is 4.17. The first-order valence-electron chi connectivity index (χ1n) is 18.3. The van der Waals surface area contributed by atoms with Crippen LogP contribution < -0.4 is 15.1 Å². The van der Waals surface area contributed by atoms with Crippen molar-refractivity contribution in [1.82, 2.24) is 10.2 Å². The highest BCUT2D eigenvalue weighted by Crippen LogP contribution is 2.60. The summed E-state index contributed by atoms with van der Waals surface area (Å²) in [5, 5.41) is 13.1. The van der Waals surface area contributed by atoms with Gasteiger partial charge >= 0.3 is 5.97 Å². The molecule has 3 amide bonds. The fourth-order valence-electron chi connectivity index (χ4n) is 8.18. The Kier molecular flexibility index (Phi) is 13.5. The van der Waals surface area contributed by atoms with Gasteiger partial charge in [-0.3, -0.25) is 19.2 Å². The first-order chi connectivity index (χ1) is 25.6. The molecule has 8 atom stereocenters. The Morgan fingerprint density at radius 1 is 1.09 bits per heavy atom. The van der Waals surface area contributed by atoms with Crippen LogP contribution in [0.1, 0.15) is 44.8 Å². The molecule has 13 heteroatoms. The summed E-state index contributed by atoms with van der Waals surface area (Å²) >= 11 is 3.72. The third-order valence-electron chi connectivity index (χ3n) is 10.5. The zero-order valence-electron chi connectivity index (χ0n) is 30.7. The lowest BCUT2D eigenvalue weighted by Crippen LogP contribution is -2.57. The first-order valence-corrected chi connectivity index (χ1v) is 19.2. The Labute approximate surface area is 320 Å². The summed E-state index contributed by atoms with van der Waals surface area (Å²) in [7, 11) is 1.49. The summed E-state index contributed by atoms with van der Waals surface area (Å²) in [6, 6.07) is 14.8. The van der Waals surface area contributed by atoms with Gasteiger partial charge in [0.25, 0.3) is 5.91 Å². The SMILES string of the molecule is C=CCCC(=O)N[C@@H](COC)[C@@H](OC(=O)[C@@H]1[C@H]2O[C@@]3(CC2Br)[C@H](C(=O)N(CC=C)c2ccc(N(CC)CC)cc2)N(CCO)C(=O)[C@@H]13)c1ccccc1. The topological polar surface area (TPSA) is 138 Å². The second-order valence-corrected chi connectivity index (χ2v) is 14.7. The lowest BCUT2D eigenvalue weighted by molar-refractivity contribution is -0.163. The Morgan fingerprint density at radius 2 is 1.77 bits per heavy atom. The van der Waals surface area contributed by atoms with Gasteiger partial charge in [-0.15, -0.1) is 13.2 Å². The number of benzene rings is 2. The molecule has 3 saturated heterocycles. The van der Waals surface area contributed by atoms with E-state index in [1.54, 1.807) is 41.3 Å². The number of esters is 1. The van der Waals surface area contributed by atoms with Crippen LogP contribution in [0.4, 0.5) is 11.4 Å². The quantitative estimate of drug-likeness (QED) is 0.122. The van der Waals surface area contributed by atoms with Gasteiger partial charge in [-0.2, -0.15) is 0 Å². The number of allylic oxidation sites excluding steroid dienone is 1. The van der Waals surface area contributed by atoms with E-state index >= 15 is 0 Å². The monoisotopic (exact) mass is 794 g/mol. The number of likely N-dealkylation sites (tertiary alicyclic amines) is 1. The summed E-state index contributed by atoms with van der Waals surface area (Å²) in [6.45, 7) is 13.1. The average molecular weight is 796 g/mol. The van der Waals surface area contributed by atoms with Gasteiger partial charge in [0.1, 0.15) is 17.7 Å². The highest BCUT2D eigenvalue weighted by atomic mass is 79.9. The molecule has 286 valence electrons. The number of β-amino-alcohol motifs (C(OH)–C–C–N with tert-alkyl or cyclic N) is 1. The van der Waals surface area contributed by atoms with Crippen molar-refractivity contribution < 1.29 is 38.5 Å². The second kappa shape index (κ2) is 17.9. The molecule has 2 aromatic rings. The molecule has 3 aliphatic heterocycles. The number of carbonyl (C=O) groups is 4. The van der Waals surface area contributed by atoms with Gasteiger partial charge in [-0.1, -0.05) is 58.4 Å². The lowest BCUT2D eigenvalue weighted by Gasteiger charge is -2.37. The van der Waals surface area contributed by atoms with Crippen LogP contribution in [-0.2, 0) is 33.4 Å². The molecule has 1 unspecified atom stereocenters. The Morgan fingerprint density at radius 3 is 2.38 bits per heavy atom. The Balaban J connectivity index is 1.49. The van der Waals surface area contributed by atoms with E-state index < -0.39 is 66.1 Å². The van der Waals surface area contributed by atoms with Gasteiger partial charge in [0.2, 0.25) is 11.8 Å². The standard InChI is InChI=1S/C40H51BrN4O8/c1-6-10-16-31(47)42-30(25-51-5)34(26-14-12-11-13-15-26)52-39(50)32-33-37(48)45(22-23-46)36(40(33)24-29(41)35(32)53-40)38(49)44(21-7-2)28-19-17-27(18-20-28)43(8-3)9-4/h6-7,11-15,17-20,29-30,32-36,46H,1-2,8-10,16,21-25H2,3-5H3,(H,42,47)/t29?,30-,32-,33+,34-,35-,36-,40+/m0/s1. The number of nitrogens with zero attached hydrogens (tertiary/aromatic N) is 3. The molecule has 5 rings (SSSR count).